The summed E-state index contributed by atoms with van der Waals surface area (Å²) in [6, 6.07) is 0. The van der Waals surface area contributed by atoms with Crippen molar-refractivity contribution in [3.8, 4) is 0 Å². The molecule has 0 aromatic carbocycles. The van der Waals surface area contributed by atoms with Crippen LogP contribution in [0.5, 0.6) is 0 Å². The fourth-order valence-corrected chi connectivity index (χ4v) is 3.32. The summed E-state index contributed by atoms with van der Waals surface area (Å²) < 4.78 is 22.8. The topological polar surface area (TPSA) is 71.5 Å². The second kappa shape index (κ2) is 2.83. The average molecular weight is 233 g/mol. The fraction of sp³-hybridized carbons (Fsp3) is 0.429. The highest BCUT2D eigenvalue weighted by Crippen LogP contribution is 2.33. The lowest BCUT2D eigenvalue weighted by Gasteiger charge is -2.42. The number of carbonyl (C=O) groups is 2. The van der Waals surface area contributed by atoms with Crippen LogP contribution in [-0.4, -0.2) is 35.5 Å². The number of fused-ring (bicyclic) bond motifs is 1. The Kier molecular flexibility index (Phi) is 1.97. The summed E-state index contributed by atoms with van der Waals surface area (Å²) in [4.78, 5) is 23.1. The summed E-state index contributed by atoms with van der Waals surface area (Å²) >= 11 is 3.58. The molecule has 1 amide bonds. The average Bonchev–Trinajstić information content (AvgIpc) is 2.05. The highest BCUT2D eigenvalue weighted by atomic mass is 32.2. The molecule has 1 unspecified atom stereocenters. The first kappa shape index (κ1) is 9.72. The number of carbonyl (C=O) groups excluding carboxylic acids is 2. The molecule has 2 rings (SSSR count). The predicted molar refractivity (Wildman–Crippen MR) is 51.1 cm³/mol. The van der Waals surface area contributed by atoms with Gasteiger partial charge in [-0.05, 0) is 6.08 Å². The number of thiol groups is 1. The maximum absolute atomic E-state index is 11.4. The van der Waals surface area contributed by atoms with E-state index in [0.29, 0.717) is 0 Å². The molecule has 0 saturated carbocycles. The molecule has 2 heterocycles. The van der Waals surface area contributed by atoms with Crippen LogP contribution in [0.2, 0.25) is 0 Å². The van der Waals surface area contributed by atoms with Crippen LogP contribution in [0.25, 0.3) is 0 Å². The van der Waals surface area contributed by atoms with E-state index in [9.17, 15) is 18.0 Å². The molecule has 1 fully saturated rings. The zero-order valence-electron chi connectivity index (χ0n) is 7.00. The van der Waals surface area contributed by atoms with Gasteiger partial charge in [-0.3, -0.25) is 14.5 Å². The molecule has 7 heteroatoms. The van der Waals surface area contributed by atoms with Crippen molar-refractivity contribution in [1.82, 2.24) is 4.90 Å². The molecule has 2 aliphatic rings. The largest absolute Gasteiger partial charge is 0.290 e. The van der Waals surface area contributed by atoms with Crippen LogP contribution in [0.15, 0.2) is 11.8 Å². The third-order valence-corrected chi connectivity index (χ3v) is 4.38. The normalized spacial score (nSPS) is 28.9. The Labute approximate surface area is 86.1 Å². The highest BCUT2D eigenvalue weighted by Gasteiger charge is 2.49. The van der Waals surface area contributed by atoms with E-state index in [-0.39, 0.29) is 23.8 Å². The Morgan fingerprint density at radius 2 is 2.21 bits per heavy atom. The molecule has 1 atom stereocenters. The van der Waals surface area contributed by atoms with E-state index in [2.05, 4.69) is 12.6 Å². The van der Waals surface area contributed by atoms with E-state index in [1.54, 1.807) is 0 Å². The molecule has 0 N–H and O–H groups in total. The maximum Gasteiger partial charge on any atom is 0.232 e. The summed E-state index contributed by atoms with van der Waals surface area (Å²) in [6.07, 6.45) is 1.21. The van der Waals surface area contributed by atoms with Crippen molar-refractivity contribution in [2.75, 3.05) is 5.75 Å². The van der Waals surface area contributed by atoms with Gasteiger partial charge in [0.25, 0.3) is 0 Å². The Morgan fingerprint density at radius 3 is 2.71 bits per heavy atom. The van der Waals surface area contributed by atoms with Crippen LogP contribution in [0.1, 0.15) is 6.42 Å². The third kappa shape index (κ3) is 1.19. The number of rotatable bonds is 1. The van der Waals surface area contributed by atoms with E-state index in [4.69, 9.17) is 0 Å². The zero-order valence-corrected chi connectivity index (χ0v) is 8.72. The molecule has 0 aromatic rings. The van der Waals surface area contributed by atoms with Gasteiger partial charge in [0.1, 0.15) is 5.37 Å². The van der Waals surface area contributed by atoms with Gasteiger partial charge < -0.3 is 0 Å². The lowest BCUT2D eigenvalue weighted by Crippen LogP contribution is -2.58. The van der Waals surface area contributed by atoms with Crippen molar-refractivity contribution in [1.29, 1.82) is 0 Å². The van der Waals surface area contributed by atoms with Crippen LogP contribution in [-0.2, 0) is 19.4 Å². The van der Waals surface area contributed by atoms with Gasteiger partial charge in [-0.1, -0.05) is 12.6 Å². The van der Waals surface area contributed by atoms with Gasteiger partial charge in [-0.15, -0.1) is 0 Å². The fourth-order valence-electron chi connectivity index (χ4n) is 1.56. The minimum absolute atomic E-state index is 0.0271. The quantitative estimate of drug-likeness (QED) is 0.481. The van der Waals surface area contributed by atoms with Crippen molar-refractivity contribution >= 4 is 33.5 Å². The first-order chi connectivity index (χ1) is 6.43. The van der Waals surface area contributed by atoms with Crippen LogP contribution in [0, 0.1) is 0 Å². The van der Waals surface area contributed by atoms with E-state index in [1.807, 2.05) is 0 Å². The molecule has 5 nitrogen and oxygen atoms in total. The van der Waals surface area contributed by atoms with Crippen LogP contribution >= 0.6 is 12.6 Å². The first-order valence-corrected chi connectivity index (χ1v) is 6.07. The summed E-state index contributed by atoms with van der Waals surface area (Å²) in [5.41, 5.74) is 0.0874. The molecule has 0 spiro atoms. The second-order valence-electron chi connectivity index (χ2n) is 3.15. The SMILES string of the molecule is O=C(S)C1=CCS(=O)(=O)C2CC(=O)N12. The van der Waals surface area contributed by atoms with E-state index in [1.165, 1.54) is 6.08 Å². The Bertz CT molecular complexity index is 450. The molecule has 0 radical (unpaired) electrons. The van der Waals surface area contributed by atoms with Crippen LogP contribution < -0.4 is 0 Å². The molecular weight excluding hydrogens is 226 g/mol. The number of β-lactam (4-membered cyclic amide) rings is 1. The van der Waals surface area contributed by atoms with Gasteiger partial charge in [0, 0.05) is 0 Å². The summed E-state index contributed by atoms with van der Waals surface area (Å²) in [5, 5.41) is -1.41. The van der Waals surface area contributed by atoms with Crippen molar-refractivity contribution in [2.24, 2.45) is 0 Å². The van der Waals surface area contributed by atoms with E-state index < -0.39 is 20.3 Å². The van der Waals surface area contributed by atoms with Gasteiger partial charge in [0.05, 0.1) is 17.9 Å². The first-order valence-electron chi connectivity index (χ1n) is 3.90. The van der Waals surface area contributed by atoms with Crippen molar-refractivity contribution in [2.45, 2.75) is 11.8 Å². The molecule has 0 aromatic heterocycles. The highest BCUT2D eigenvalue weighted by molar-refractivity contribution is 7.97. The molecule has 2 aliphatic heterocycles. The standard InChI is InChI=1S/C7H7NO4S2/c9-5-3-6-8(5)4(7(10)13)1-2-14(6,11)12/h1,6H,2-3H2,(H,10,13). The Morgan fingerprint density at radius 1 is 1.57 bits per heavy atom. The molecule has 0 aliphatic carbocycles. The third-order valence-electron chi connectivity index (χ3n) is 2.31. The van der Waals surface area contributed by atoms with Crippen molar-refractivity contribution < 1.29 is 18.0 Å². The molecular formula is C7H7NO4S2. The van der Waals surface area contributed by atoms with Gasteiger partial charge in [0.2, 0.25) is 11.0 Å². The molecule has 0 bridgehead atoms. The predicted octanol–water partition coefficient (Wildman–Crippen LogP) is -0.687. The molecule has 14 heavy (non-hydrogen) atoms. The zero-order chi connectivity index (χ0) is 10.5. The van der Waals surface area contributed by atoms with E-state index in [0.717, 1.165) is 4.90 Å². The lowest BCUT2D eigenvalue weighted by molar-refractivity contribution is -0.140. The van der Waals surface area contributed by atoms with Gasteiger partial charge in [-0.2, -0.15) is 0 Å². The van der Waals surface area contributed by atoms with Gasteiger partial charge in [0.15, 0.2) is 9.84 Å². The van der Waals surface area contributed by atoms with Crippen molar-refractivity contribution in [3.63, 3.8) is 0 Å². The number of hydrogen-bond acceptors (Lipinski definition) is 4. The van der Waals surface area contributed by atoms with Crippen LogP contribution in [0.3, 0.4) is 0 Å². The van der Waals surface area contributed by atoms with Gasteiger partial charge in [-0.25, -0.2) is 8.42 Å². The van der Waals surface area contributed by atoms with Crippen molar-refractivity contribution in [3.05, 3.63) is 11.8 Å². The maximum atomic E-state index is 11.4. The molecule has 1 saturated heterocycles. The number of hydrogen-bond donors (Lipinski definition) is 1. The number of nitrogens with zero attached hydrogens (tertiary/aromatic N) is 1. The minimum atomic E-state index is -3.28. The Balaban J connectivity index is 2.45. The summed E-state index contributed by atoms with van der Waals surface area (Å²) in [7, 11) is -3.28. The van der Waals surface area contributed by atoms with E-state index >= 15 is 0 Å². The molecule has 76 valence electrons. The minimum Gasteiger partial charge on any atom is -0.290 e. The lowest BCUT2D eigenvalue weighted by atomic mass is 10.1. The summed E-state index contributed by atoms with van der Waals surface area (Å²) in [6.45, 7) is 0. The smallest absolute Gasteiger partial charge is 0.232 e. The number of sulfone groups is 1. The monoisotopic (exact) mass is 233 g/mol. The van der Waals surface area contributed by atoms with Gasteiger partial charge >= 0.3 is 0 Å². The second-order valence-corrected chi connectivity index (χ2v) is 5.76. The summed E-state index contributed by atoms with van der Waals surface area (Å²) in [5.74, 6) is -0.532. The Hall–Kier alpha value is -0.820. The van der Waals surface area contributed by atoms with Crippen LogP contribution in [0.4, 0.5) is 0 Å². The number of amides is 1.